The van der Waals surface area contributed by atoms with Crippen molar-refractivity contribution < 1.29 is 24.2 Å². The quantitative estimate of drug-likeness (QED) is 0.504. The fourth-order valence-electron chi connectivity index (χ4n) is 4.37. The predicted octanol–water partition coefficient (Wildman–Crippen LogP) is 1.50. The van der Waals surface area contributed by atoms with Crippen LogP contribution in [0.25, 0.3) is 0 Å². The zero-order valence-corrected chi connectivity index (χ0v) is 17.6. The Hall–Kier alpha value is -1.89. The minimum Gasteiger partial charge on any atom is -0.466 e. The van der Waals surface area contributed by atoms with E-state index in [4.69, 9.17) is 4.74 Å². The van der Waals surface area contributed by atoms with Crippen LogP contribution in [0.4, 0.5) is 0 Å². The van der Waals surface area contributed by atoms with E-state index in [9.17, 15) is 19.5 Å². The lowest BCUT2D eigenvalue weighted by Crippen LogP contribution is -2.52. The summed E-state index contributed by atoms with van der Waals surface area (Å²) in [5.41, 5.74) is -0.439. The first-order valence-corrected chi connectivity index (χ1v) is 10.2. The molecule has 1 aliphatic carbocycles. The number of hydrogen-bond donors (Lipinski definition) is 2. The van der Waals surface area contributed by atoms with Crippen LogP contribution < -0.4 is 5.32 Å². The van der Waals surface area contributed by atoms with Crippen molar-refractivity contribution in [1.29, 1.82) is 0 Å². The molecule has 0 aromatic heterocycles. The van der Waals surface area contributed by atoms with Gasteiger partial charge in [-0.3, -0.25) is 14.4 Å². The molecule has 2 N–H and O–H groups in total. The van der Waals surface area contributed by atoms with E-state index in [1.807, 2.05) is 39.8 Å². The number of hydrogen-bond acceptors (Lipinski definition) is 5. The Kier molecular flexibility index (Phi) is 7.26. The van der Waals surface area contributed by atoms with E-state index in [1.165, 1.54) is 0 Å². The molecule has 0 radical (unpaired) electrons. The maximum Gasteiger partial charge on any atom is 0.310 e. The van der Waals surface area contributed by atoms with Crippen molar-refractivity contribution in [2.24, 2.45) is 23.7 Å². The summed E-state index contributed by atoms with van der Waals surface area (Å²) in [5.74, 6) is -2.47. The third-order valence-electron chi connectivity index (χ3n) is 5.47. The van der Waals surface area contributed by atoms with Crippen LogP contribution in [-0.4, -0.2) is 59.1 Å². The monoisotopic (exact) mass is 394 g/mol. The summed E-state index contributed by atoms with van der Waals surface area (Å²) in [6, 6.07) is -0.686. The molecule has 0 unspecified atom stereocenters. The maximum atomic E-state index is 13.3. The highest BCUT2D eigenvalue weighted by atomic mass is 16.5. The van der Waals surface area contributed by atoms with Crippen LogP contribution in [0.1, 0.15) is 47.5 Å². The van der Waals surface area contributed by atoms with E-state index in [0.717, 1.165) is 0 Å². The van der Waals surface area contributed by atoms with E-state index >= 15 is 0 Å². The van der Waals surface area contributed by atoms with Crippen molar-refractivity contribution in [3.05, 3.63) is 12.2 Å². The molecular formula is C21H34N2O5. The van der Waals surface area contributed by atoms with Crippen molar-refractivity contribution in [1.82, 2.24) is 10.2 Å². The van der Waals surface area contributed by atoms with Gasteiger partial charge in [-0.1, -0.05) is 19.1 Å². The van der Waals surface area contributed by atoms with Gasteiger partial charge in [0.05, 0.1) is 18.4 Å². The van der Waals surface area contributed by atoms with Gasteiger partial charge in [0.15, 0.2) is 0 Å². The van der Waals surface area contributed by atoms with Gasteiger partial charge in [-0.2, -0.15) is 0 Å². The topological polar surface area (TPSA) is 95.9 Å². The van der Waals surface area contributed by atoms with Gasteiger partial charge < -0.3 is 20.1 Å². The molecule has 158 valence electrons. The van der Waals surface area contributed by atoms with Crippen LogP contribution in [0.3, 0.4) is 0 Å². The summed E-state index contributed by atoms with van der Waals surface area (Å²) in [4.78, 5) is 40.7. The van der Waals surface area contributed by atoms with Gasteiger partial charge in [0.2, 0.25) is 11.8 Å². The van der Waals surface area contributed by atoms with Crippen molar-refractivity contribution >= 4 is 17.8 Å². The fraction of sp³-hybridized carbons (Fsp3) is 0.762. The SMILES string of the molecule is CCOC(=O)[C@H]1[C@@H]2C(=O)N(CCCO)[C@H](C(=O)NC(C)(C)C)[C@H]2C=C[C@H]1CC. The van der Waals surface area contributed by atoms with Crippen molar-refractivity contribution in [2.45, 2.75) is 59.0 Å². The number of esters is 1. The lowest BCUT2D eigenvalue weighted by molar-refractivity contribution is -0.155. The molecule has 1 aliphatic heterocycles. The summed E-state index contributed by atoms with van der Waals surface area (Å²) >= 11 is 0. The average molecular weight is 395 g/mol. The van der Waals surface area contributed by atoms with E-state index in [0.29, 0.717) is 12.8 Å². The highest BCUT2D eigenvalue weighted by Crippen LogP contribution is 2.45. The fourth-order valence-corrected chi connectivity index (χ4v) is 4.37. The molecule has 7 heteroatoms. The third kappa shape index (κ3) is 4.57. The van der Waals surface area contributed by atoms with Crippen LogP contribution >= 0.6 is 0 Å². The third-order valence-corrected chi connectivity index (χ3v) is 5.47. The van der Waals surface area contributed by atoms with Crippen LogP contribution in [-0.2, 0) is 19.1 Å². The second kappa shape index (κ2) is 9.07. The van der Waals surface area contributed by atoms with E-state index in [2.05, 4.69) is 5.32 Å². The van der Waals surface area contributed by atoms with Crippen LogP contribution in [0.2, 0.25) is 0 Å². The Morgan fingerprint density at radius 3 is 2.46 bits per heavy atom. The molecule has 2 aliphatic rings. The number of likely N-dealkylation sites (tertiary alicyclic amines) is 1. The highest BCUT2D eigenvalue weighted by molar-refractivity contribution is 5.96. The molecule has 1 fully saturated rings. The van der Waals surface area contributed by atoms with Crippen molar-refractivity contribution in [3.63, 3.8) is 0 Å². The number of rotatable bonds is 7. The summed E-state index contributed by atoms with van der Waals surface area (Å²) in [6.45, 7) is 9.87. The number of amides is 2. The normalized spacial score (nSPS) is 29.6. The smallest absolute Gasteiger partial charge is 0.310 e. The number of carbonyl (C=O) groups is 3. The van der Waals surface area contributed by atoms with E-state index in [-0.39, 0.29) is 49.4 Å². The Bertz CT molecular complexity index is 625. The maximum absolute atomic E-state index is 13.3. The molecule has 5 atom stereocenters. The Morgan fingerprint density at radius 1 is 1.25 bits per heavy atom. The van der Waals surface area contributed by atoms with E-state index < -0.39 is 23.4 Å². The summed E-state index contributed by atoms with van der Waals surface area (Å²) in [5, 5.41) is 12.2. The second-order valence-corrected chi connectivity index (χ2v) is 8.63. The zero-order valence-electron chi connectivity index (χ0n) is 17.6. The van der Waals surface area contributed by atoms with Crippen LogP contribution in [0.5, 0.6) is 0 Å². The number of carbonyl (C=O) groups excluding carboxylic acids is 3. The largest absolute Gasteiger partial charge is 0.466 e. The molecule has 0 aromatic carbocycles. The number of nitrogens with zero attached hydrogens (tertiary/aromatic N) is 1. The molecular weight excluding hydrogens is 360 g/mol. The number of fused-ring (bicyclic) bond motifs is 1. The Labute approximate surface area is 167 Å². The standard InChI is InChI=1S/C21H34N2O5/c1-6-13-9-10-14-16(15(13)20(27)28-7-2)19(26)23(11-8-12-24)17(14)18(25)22-21(3,4)5/h9-10,13-17,24H,6-8,11-12H2,1-5H3,(H,22,25)/t13-,14+,15-,16-,17+/m1/s1. The molecule has 1 saturated heterocycles. The second-order valence-electron chi connectivity index (χ2n) is 8.63. The lowest BCUT2D eigenvalue weighted by atomic mass is 9.69. The number of allylic oxidation sites excluding steroid dienone is 1. The summed E-state index contributed by atoms with van der Waals surface area (Å²) in [6.07, 6.45) is 4.99. The first-order valence-electron chi connectivity index (χ1n) is 10.2. The lowest BCUT2D eigenvalue weighted by Gasteiger charge is -2.34. The average Bonchev–Trinajstić information content (AvgIpc) is 2.90. The van der Waals surface area contributed by atoms with E-state index in [1.54, 1.807) is 11.8 Å². The first kappa shape index (κ1) is 22.4. The molecule has 0 saturated carbocycles. The van der Waals surface area contributed by atoms with Crippen molar-refractivity contribution in [3.8, 4) is 0 Å². The number of aliphatic hydroxyl groups is 1. The molecule has 2 rings (SSSR count). The molecule has 1 heterocycles. The number of ether oxygens (including phenoxy) is 1. The molecule has 2 amide bonds. The van der Waals surface area contributed by atoms with Gasteiger partial charge in [0.1, 0.15) is 6.04 Å². The Morgan fingerprint density at radius 2 is 1.93 bits per heavy atom. The van der Waals surface area contributed by atoms with Crippen LogP contribution in [0.15, 0.2) is 12.2 Å². The molecule has 0 aromatic rings. The minimum absolute atomic E-state index is 0.0680. The van der Waals surface area contributed by atoms with Gasteiger partial charge in [-0.15, -0.1) is 0 Å². The predicted molar refractivity (Wildman–Crippen MR) is 105 cm³/mol. The summed E-state index contributed by atoms with van der Waals surface area (Å²) < 4.78 is 5.28. The van der Waals surface area contributed by atoms with Crippen molar-refractivity contribution in [2.75, 3.05) is 19.8 Å². The van der Waals surface area contributed by atoms with Gasteiger partial charge in [-0.25, -0.2) is 0 Å². The Balaban J connectivity index is 2.43. The van der Waals surface area contributed by atoms with Gasteiger partial charge in [-0.05, 0) is 46.5 Å². The van der Waals surface area contributed by atoms with Gasteiger partial charge in [0.25, 0.3) is 0 Å². The minimum atomic E-state index is -0.686. The number of aliphatic hydroxyl groups excluding tert-OH is 1. The van der Waals surface area contributed by atoms with Gasteiger partial charge in [0, 0.05) is 24.6 Å². The van der Waals surface area contributed by atoms with Gasteiger partial charge >= 0.3 is 5.97 Å². The van der Waals surface area contributed by atoms with Crippen LogP contribution in [0, 0.1) is 23.7 Å². The zero-order chi connectivity index (χ0) is 21.1. The first-order chi connectivity index (χ1) is 13.2. The highest BCUT2D eigenvalue weighted by Gasteiger charge is 2.57. The number of nitrogens with one attached hydrogen (secondary N) is 1. The molecule has 7 nitrogen and oxygen atoms in total. The molecule has 28 heavy (non-hydrogen) atoms. The molecule has 0 spiro atoms. The molecule has 0 bridgehead atoms. The summed E-state index contributed by atoms with van der Waals surface area (Å²) in [7, 11) is 0.